The minimum absolute atomic E-state index is 0.509. The molecule has 0 aromatic heterocycles. The monoisotopic (exact) mass is 209 g/mol. The van der Waals surface area contributed by atoms with Crippen LogP contribution in [-0.4, -0.2) is 6.61 Å². The summed E-state index contributed by atoms with van der Waals surface area (Å²) in [5, 5.41) is 0.537. The molecule has 1 aromatic carbocycles. The molecule has 0 radical (unpaired) electrons. The average molecular weight is 210 g/mol. The normalized spacial score (nSPS) is 9.00. The average Bonchev–Trinajstić information content (AvgIpc) is 2.16. The van der Waals surface area contributed by atoms with E-state index in [0.29, 0.717) is 29.5 Å². The van der Waals surface area contributed by atoms with Gasteiger partial charge in [-0.15, -0.1) is 11.8 Å². The minimum Gasteiger partial charge on any atom is -0.489 e. The summed E-state index contributed by atoms with van der Waals surface area (Å²) in [4.78, 5) is 0. The van der Waals surface area contributed by atoms with E-state index in [2.05, 4.69) is 11.8 Å². The SMILES string of the molecule is CC#CCCOc1c(N)cccc1Cl. The molecule has 0 aliphatic carbocycles. The van der Waals surface area contributed by atoms with Crippen LogP contribution in [0.2, 0.25) is 5.02 Å². The van der Waals surface area contributed by atoms with Gasteiger partial charge in [-0.05, 0) is 19.1 Å². The Bertz CT molecular complexity index is 345. The van der Waals surface area contributed by atoms with Crippen molar-refractivity contribution in [2.24, 2.45) is 0 Å². The molecule has 0 spiro atoms. The summed E-state index contributed by atoms with van der Waals surface area (Å²) in [5.41, 5.74) is 6.25. The molecule has 2 nitrogen and oxygen atoms in total. The molecule has 0 fully saturated rings. The number of nitrogens with two attached hydrogens (primary N) is 1. The quantitative estimate of drug-likeness (QED) is 0.472. The van der Waals surface area contributed by atoms with Gasteiger partial charge in [0.25, 0.3) is 0 Å². The van der Waals surface area contributed by atoms with E-state index in [1.165, 1.54) is 0 Å². The summed E-state index contributed by atoms with van der Waals surface area (Å²) >= 11 is 5.90. The highest BCUT2D eigenvalue weighted by molar-refractivity contribution is 6.32. The highest BCUT2D eigenvalue weighted by Crippen LogP contribution is 2.30. The number of ether oxygens (including phenoxy) is 1. The lowest BCUT2D eigenvalue weighted by molar-refractivity contribution is 0.329. The van der Waals surface area contributed by atoms with Crippen LogP contribution in [0.5, 0.6) is 5.75 Å². The summed E-state index contributed by atoms with van der Waals surface area (Å²) in [7, 11) is 0. The van der Waals surface area contributed by atoms with Crippen molar-refractivity contribution in [1.82, 2.24) is 0 Å². The molecular weight excluding hydrogens is 198 g/mol. The number of nitrogen functional groups attached to an aromatic ring is 1. The van der Waals surface area contributed by atoms with E-state index in [1.54, 1.807) is 25.1 Å². The first-order chi connectivity index (χ1) is 6.75. The number of benzene rings is 1. The van der Waals surface area contributed by atoms with Crippen molar-refractivity contribution in [2.45, 2.75) is 13.3 Å². The van der Waals surface area contributed by atoms with Crippen LogP contribution in [0.1, 0.15) is 13.3 Å². The molecule has 0 atom stereocenters. The van der Waals surface area contributed by atoms with E-state index < -0.39 is 0 Å². The summed E-state index contributed by atoms with van der Waals surface area (Å²) in [5.74, 6) is 6.24. The van der Waals surface area contributed by atoms with Crippen molar-refractivity contribution in [3.8, 4) is 17.6 Å². The molecule has 0 aliphatic heterocycles. The Labute approximate surface area is 89.0 Å². The molecule has 1 rings (SSSR count). The van der Waals surface area contributed by atoms with Crippen molar-refractivity contribution < 1.29 is 4.74 Å². The van der Waals surface area contributed by atoms with Crippen LogP contribution in [-0.2, 0) is 0 Å². The molecule has 0 amide bonds. The zero-order valence-corrected chi connectivity index (χ0v) is 8.77. The van der Waals surface area contributed by atoms with Gasteiger partial charge in [0.05, 0.1) is 17.3 Å². The fourth-order valence-electron chi connectivity index (χ4n) is 1.01. The van der Waals surface area contributed by atoms with Gasteiger partial charge >= 0.3 is 0 Å². The Kier molecular flexibility index (Phi) is 4.15. The van der Waals surface area contributed by atoms with Crippen LogP contribution in [0.4, 0.5) is 5.69 Å². The highest BCUT2D eigenvalue weighted by Gasteiger charge is 2.04. The van der Waals surface area contributed by atoms with Gasteiger partial charge in [-0.3, -0.25) is 0 Å². The van der Waals surface area contributed by atoms with E-state index in [0.717, 1.165) is 0 Å². The van der Waals surface area contributed by atoms with Gasteiger partial charge < -0.3 is 10.5 Å². The molecule has 2 N–H and O–H groups in total. The number of para-hydroxylation sites is 1. The van der Waals surface area contributed by atoms with Crippen LogP contribution in [0.15, 0.2) is 18.2 Å². The standard InChI is InChI=1S/C11H12ClNO/c1-2-3-4-8-14-11-9(12)6-5-7-10(11)13/h5-7H,4,8,13H2,1H3. The Balaban J connectivity index is 2.60. The van der Waals surface area contributed by atoms with Gasteiger partial charge in [0, 0.05) is 6.42 Å². The first-order valence-electron chi connectivity index (χ1n) is 4.32. The number of rotatable bonds is 3. The van der Waals surface area contributed by atoms with Crippen LogP contribution < -0.4 is 10.5 Å². The molecule has 0 heterocycles. The van der Waals surface area contributed by atoms with E-state index in [-0.39, 0.29) is 0 Å². The van der Waals surface area contributed by atoms with Gasteiger partial charge in [-0.2, -0.15) is 0 Å². The second-order valence-electron chi connectivity index (χ2n) is 2.68. The number of hydrogen-bond acceptors (Lipinski definition) is 2. The molecular formula is C11H12ClNO. The molecule has 0 saturated heterocycles. The highest BCUT2D eigenvalue weighted by atomic mass is 35.5. The van der Waals surface area contributed by atoms with Gasteiger partial charge in [-0.1, -0.05) is 17.7 Å². The Morgan fingerprint density at radius 2 is 2.29 bits per heavy atom. The van der Waals surface area contributed by atoms with Crippen LogP contribution in [0.3, 0.4) is 0 Å². The van der Waals surface area contributed by atoms with E-state index in [4.69, 9.17) is 22.1 Å². The topological polar surface area (TPSA) is 35.2 Å². The van der Waals surface area contributed by atoms with Crippen LogP contribution in [0, 0.1) is 11.8 Å². The summed E-state index contributed by atoms with van der Waals surface area (Å²) in [6, 6.07) is 5.29. The fraction of sp³-hybridized carbons (Fsp3) is 0.273. The number of hydrogen-bond donors (Lipinski definition) is 1. The Morgan fingerprint density at radius 1 is 1.50 bits per heavy atom. The van der Waals surface area contributed by atoms with Gasteiger partial charge in [0.15, 0.2) is 5.75 Å². The molecule has 1 aromatic rings. The third kappa shape index (κ3) is 2.86. The maximum absolute atomic E-state index is 5.90. The predicted octanol–water partition coefficient (Wildman–Crippen LogP) is 2.71. The zero-order valence-electron chi connectivity index (χ0n) is 8.01. The molecule has 0 unspecified atom stereocenters. The van der Waals surface area contributed by atoms with E-state index >= 15 is 0 Å². The van der Waals surface area contributed by atoms with E-state index in [1.807, 2.05) is 0 Å². The van der Waals surface area contributed by atoms with Crippen LogP contribution in [0.25, 0.3) is 0 Å². The third-order valence-electron chi connectivity index (χ3n) is 1.65. The van der Waals surface area contributed by atoms with Crippen molar-refractivity contribution in [3.05, 3.63) is 23.2 Å². The second-order valence-corrected chi connectivity index (χ2v) is 3.09. The lowest BCUT2D eigenvalue weighted by atomic mass is 10.3. The molecule has 74 valence electrons. The van der Waals surface area contributed by atoms with Crippen molar-refractivity contribution in [1.29, 1.82) is 0 Å². The predicted molar refractivity (Wildman–Crippen MR) is 59.4 cm³/mol. The van der Waals surface area contributed by atoms with Gasteiger partial charge in [-0.25, -0.2) is 0 Å². The molecule has 0 bridgehead atoms. The van der Waals surface area contributed by atoms with Crippen molar-refractivity contribution >= 4 is 17.3 Å². The molecule has 0 saturated carbocycles. The Morgan fingerprint density at radius 3 is 2.93 bits per heavy atom. The summed E-state index contributed by atoms with van der Waals surface area (Å²) in [6.45, 7) is 2.30. The summed E-state index contributed by atoms with van der Waals surface area (Å²) < 4.78 is 5.41. The van der Waals surface area contributed by atoms with Crippen molar-refractivity contribution in [3.63, 3.8) is 0 Å². The van der Waals surface area contributed by atoms with Crippen molar-refractivity contribution in [2.75, 3.05) is 12.3 Å². The lowest BCUT2D eigenvalue weighted by Crippen LogP contribution is -1.99. The van der Waals surface area contributed by atoms with Crippen LogP contribution >= 0.6 is 11.6 Å². The maximum Gasteiger partial charge on any atom is 0.160 e. The summed E-state index contributed by atoms with van der Waals surface area (Å²) in [6.07, 6.45) is 0.682. The zero-order chi connectivity index (χ0) is 10.4. The van der Waals surface area contributed by atoms with Gasteiger partial charge in [0.1, 0.15) is 0 Å². The molecule has 3 heteroatoms. The molecule has 0 aliphatic rings. The first kappa shape index (κ1) is 10.7. The lowest BCUT2D eigenvalue weighted by Gasteiger charge is -2.08. The minimum atomic E-state index is 0.509. The fourth-order valence-corrected chi connectivity index (χ4v) is 1.24. The molecule has 14 heavy (non-hydrogen) atoms. The first-order valence-corrected chi connectivity index (χ1v) is 4.70. The second kappa shape index (κ2) is 5.41. The Hall–Kier alpha value is -1.33. The van der Waals surface area contributed by atoms with Gasteiger partial charge in [0.2, 0.25) is 0 Å². The largest absolute Gasteiger partial charge is 0.489 e. The third-order valence-corrected chi connectivity index (χ3v) is 1.95. The maximum atomic E-state index is 5.90. The number of anilines is 1. The smallest absolute Gasteiger partial charge is 0.160 e. The van der Waals surface area contributed by atoms with E-state index in [9.17, 15) is 0 Å². The number of halogens is 1.